The lowest BCUT2D eigenvalue weighted by Gasteiger charge is -2.32. The van der Waals surface area contributed by atoms with Crippen molar-refractivity contribution >= 4 is 0 Å². The zero-order valence-corrected chi connectivity index (χ0v) is 8.37. The highest BCUT2D eigenvalue weighted by Gasteiger charge is 2.22. The Hall–Kier alpha value is -0.120. The summed E-state index contributed by atoms with van der Waals surface area (Å²) in [5.41, 5.74) is 0. The maximum absolute atomic E-state index is 8.92. The maximum atomic E-state index is 8.92. The van der Waals surface area contributed by atoms with Gasteiger partial charge in [0.05, 0.1) is 19.3 Å². The van der Waals surface area contributed by atoms with E-state index in [9.17, 15) is 0 Å². The first-order chi connectivity index (χ1) is 6.27. The van der Waals surface area contributed by atoms with Crippen molar-refractivity contribution < 1.29 is 10.2 Å². The van der Waals surface area contributed by atoms with Crippen LogP contribution in [-0.2, 0) is 0 Å². The molecule has 0 saturated heterocycles. The van der Waals surface area contributed by atoms with Crippen molar-refractivity contribution in [2.24, 2.45) is 5.92 Å². The van der Waals surface area contributed by atoms with Crippen LogP contribution in [0.1, 0.15) is 32.6 Å². The lowest BCUT2D eigenvalue weighted by Crippen LogP contribution is -2.46. The van der Waals surface area contributed by atoms with Gasteiger partial charge in [-0.2, -0.15) is 0 Å². The van der Waals surface area contributed by atoms with E-state index in [0.29, 0.717) is 12.0 Å². The number of aliphatic hydroxyl groups excluding tert-OH is 2. The van der Waals surface area contributed by atoms with E-state index in [0.717, 1.165) is 0 Å². The van der Waals surface area contributed by atoms with Gasteiger partial charge in [-0.05, 0) is 18.8 Å². The van der Waals surface area contributed by atoms with Crippen LogP contribution in [0.3, 0.4) is 0 Å². The Morgan fingerprint density at radius 3 is 2.38 bits per heavy atom. The van der Waals surface area contributed by atoms with Crippen LogP contribution in [0.2, 0.25) is 0 Å². The highest BCUT2D eigenvalue weighted by atomic mass is 16.3. The van der Waals surface area contributed by atoms with Crippen molar-refractivity contribution in [1.82, 2.24) is 5.32 Å². The van der Waals surface area contributed by atoms with Gasteiger partial charge in [0, 0.05) is 6.04 Å². The van der Waals surface area contributed by atoms with Crippen LogP contribution in [0, 0.1) is 5.92 Å². The van der Waals surface area contributed by atoms with Gasteiger partial charge in [-0.25, -0.2) is 0 Å². The first-order valence-corrected chi connectivity index (χ1v) is 5.25. The van der Waals surface area contributed by atoms with Crippen LogP contribution >= 0.6 is 0 Å². The first-order valence-electron chi connectivity index (χ1n) is 5.25. The molecule has 3 heteroatoms. The molecule has 0 bridgehead atoms. The summed E-state index contributed by atoms with van der Waals surface area (Å²) in [6.45, 7) is 2.29. The molecule has 2 atom stereocenters. The third-order valence-electron chi connectivity index (χ3n) is 3.00. The van der Waals surface area contributed by atoms with Gasteiger partial charge in [0.25, 0.3) is 0 Å². The van der Waals surface area contributed by atoms with Crippen LogP contribution < -0.4 is 5.32 Å². The van der Waals surface area contributed by atoms with Crippen LogP contribution in [0.4, 0.5) is 0 Å². The second-order valence-electron chi connectivity index (χ2n) is 4.10. The minimum absolute atomic E-state index is 0.0275. The smallest absolute Gasteiger partial charge is 0.0607 e. The molecule has 1 aliphatic rings. The van der Waals surface area contributed by atoms with Crippen molar-refractivity contribution in [3.05, 3.63) is 0 Å². The molecule has 0 aliphatic heterocycles. The summed E-state index contributed by atoms with van der Waals surface area (Å²) in [6, 6.07) is 0.351. The Balaban J connectivity index is 2.32. The summed E-state index contributed by atoms with van der Waals surface area (Å²) in [7, 11) is 0. The fourth-order valence-corrected chi connectivity index (χ4v) is 2.03. The van der Waals surface area contributed by atoms with E-state index in [1.165, 1.54) is 25.7 Å². The molecule has 0 aromatic rings. The normalized spacial score (nSPS) is 29.5. The predicted octanol–water partition coefficient (Wildman–Crippen LogP) is 0.508. The zero-order valence-electron chi connectivity index (χ0n) is 8.37. The van der Waals surface area contributed by atoms with Crippen LogP contribution in [-0.4, -0.2) is 35.5 Å². The van der Waals surface area contributed by atoms with E-state index >= 15 is 0 Å². The lowest BCUT2D eigenvalue weighted by molar-refractivity contribution is 0.142. The Morgan fingerprint density at radius 1 is 1.23 bits per heavy atom. The second kappa shape index (κ2) is 5.58. The summed E-state index contributed by atoms with van der Waals surface area (Å²) in [4.78, 5) is 0. The van der Waals surface area contributed by atoms with Gasteiger partial charge in [-0.3, -0.25) is 0 Å². The van der Waals surface area contributed by atoms with Gasteiger partial charge in [0.15, 0.2) is 0 Å². The Kier molecular flexibility index (Phi) is 4.70. The van der Waals surface area contributed by atoms with Crippen molar-refractivity contribution in [2.45, 2.75) is 44.7 Å². The predicted molar refractivity (Wildman–Crippen MR) is 52.5 cm³/mol. The third kappa shape index (κ3) is 3.25. The fraction of sp³-hybridized carbons (Fsp3) is 1.00. The van der Waals surface area contributed by atoms with Gasteiger partial charge in [0.1, 0.15) is 0 Å². The molecule has 0 radical (unpaired) electrons. The summed E-state index contributed by atoms with van der Waals surface area (Å²) in [5.74, 6) is 0.675. The minimum atomic E-state index is -0.134. The molecule has 0 spiro atoms. The second-order valence-corrected chi connectivity index (χ2v) is 4.10. The van der Waals surface area contributed by atoms with Crippen LogP contribution in [0.5, 0.6) is 0 Å². The van der Waals surface area contributed by atoms with E-state index in [4.69, 9.17) is 10.2 Å². The SMILES string of the molecule is C[C@@H]1CCCC[C@@H]1NC(CO)CO. The van der Waals surface area contributed by atoms with E-state index < -0.39 is 0 Å². The zero-order chi connectivity index (χ0) is 9.68. The van der Waals surface area contributed by atoms with Crippen molar-refractivity contribution in [3.63, 3.8) is 0 Å². The van der Waals surface area contributed by atoms with E-state index in [1.807, 2.05) is 0 Å². The Morgan fingerprint density at radius 2 is 1.85 bits per heavy atom. The van der Waals surface area contributed by atoms with Gasteiger partial charge in [-0.15, -0.1) is 0 Å². The maximum Gasteiger partial charge on any atom is 0.0607 e. The average molecular weight is 187 g/mol. The number of aliphatic hydroxyl groups is 2. The highest BCUT2D eigenvalue weighted by molar-refractivity contribution is 4.81. The van der Waals surface area contributed by atoms with Crippen molar-refractivity contribution in [1.29, 1.82) is 0 Å². The number of hydrogen-bond acceptors (Lipinski definition) is 3. The number of hydrogen-bond donors (Lipinski definition) is 3. The van der Waals surface area contributed by atoms with Crippen LogP contribution in [0.15, 0.2) is 0 Å². The first kappa shape index (κ1) is 11.0. The molecule has 13 heavy (non-hydrogen) atoms. The highest BCUT2D eigenvalue weighted by Crippen LogP contribution is 2.23. The molecule has 0 aromatic carbocycles. The molecular formula is C10H21NO2. The molecule has 3 N–H and O–H groups in total. The lowest BCUT2D eigenvalue weighted by atomic mass is 9.85. The van der Waals surface area contributed by atoms with Crippen LogP contribution in [0.25, 0.3) is 0 Å². The molecule has 0 amide bonds. The molecule has 3 nitrogen and oxygen atoms in total. The molecule has 1 fully saturated rings. The van der Waals surface area contributed by atoms with Gasteiger partial charge in [0.2, 0.25) is 0 Å². The molecule has 78 valence electrons. The van der Waals surface area contributed by atoms with Gasteiger partial charge in [-0.1, -0.05) is 19.8 Å². The summed E-state index contributed by atoms with van der Waals surface area (Å²) < 4.78 is 0. The van der Waals surface area contributed by atoms with Crippen molar-refractivity contribution in [2.75, 3.05) is 13.2 Å². The topological polar surface area (TPSA) is 52.5 Å². The minimum Gasteiger partial charge on any atom is -0.395 e. The molecule has 0 heterocycles. The number of nitrogens with one attached hydrogen (secondary N) is 1. The summed E-state index contributed by atoms with van der Waals surface area (Å²) >= 11 is 0. The van der Waals surface area contributed by atoms with Gasteiger partial charge >= 0.3 is 0 Å². The fourth-order valence-electron chi connectivity index (χ4n) is 2.03. The molecule has 0 aromatic heterocycles. The number of rotatable bonds is 4. The Bertz CT molecular complexity index is 137. The van der Waals surface area contributed by atoms with E-state index in [1.54, 1.807) is 0 Å². The molecule has 0 unspecified atom stereocenters. The third-order valence-corrected chi connectivity index (χ3v) is 3.00. The molecule has 1 saturated carbocycles. The summed E-state index contributed by atoms with van der Waals surface area (Å²) in [5, 5.41) is 21.1. The van der Waals surface area contributed by atoms with E-state index in [2.05, 4.69) is 12.2 Å². The molecular weight excluding hydrogens is 166 g/mol. The molecule has 1 rings (SSSR count). The largest absolute Gasteiger partial charge is 0.395 e. The molecule has 1 aliphatic carbocycles. The average Bonchev–Trinajstić information content (AvgIpc) is 2.17. The monoisotopic (exact) mass is 187 g/mol. The standard InChI is InChI=1S/C10H21NO2/c1-8-4-2-3-5-10(8)11-9(6-12)7-13/h8-13H,2-7H2,1H3/t8-,10+/m1/s1. The Labute approximate surface area is 80.2 Å². The van der Waals surface area contributed by atoms with Gasteiger partial charge < -0.3 is 15.5 Å². The van der Waals surface area contributed by atoms with E-state index in [-0.39, 0.29) is 19.3 Å². The quantitative estimate of drug-likeness (QED) is 0.601. The summed E-state index contributed by atoms with van der Waals surface area (Å²) in [6.07, 6.45) is 5.03. The van der Waals surface area contributed by atoms with Crippen molar-refractivity contribution in [3.8, 4) is 0 Å².